The highest BCUT2D eigenvalue weighted by Crippen LogP contribution is 2.19. The fourth-order valence-electron chi connectivity index (χ4n) is 2.28. The summed E-state index contributed by atoms with van der Waals surface area (Å²) in [6.07, 6.45) is 2.82. The molecule has 1 aromatic heterocycles. The number of hydrogen-bond donors (Lipinski definition) is 2. The third-order valence-corrected chi connectivity index (χ3v) is 4.51. The SMILES string of the molecule is CCNC(=NCc1ccc(C)c(OC)c1)NCCc1ncc(C)s1.I. The molecule has 0 spiro atoms. The summed E-state index contributed by atoms with van der Waals surface area (Å²) in [5.41, 5.74) is 2.26. The Kier molecular flexibility index (Phi) is 9.81. The fraction of sp³-hybridized carbons (Fsp3) is 0.444. The summed E-state index contributed by atoms with van der Waals surface area (Å²) in [5, 5.41) is 7.79. The fourth-order valence-corrected chi connectivity index (χ4v) is 3.07. The maximum atomic E-state index is 5.37. The van der Waals surface area contributed by atoms with E-state index >= 15 is 0 Å². The van der Waals surface area contributed by atoms with Crippen molar-refractivity contribution in [3.05, 3.63) is 45.4 Å². The van der Waals surface area contributed by atoms with Gasteiger partial charge in [-0.1, -0.05) is 12.1 Å². The minimum absolute atomic E-state index is 0. The normalized spacial score (nSPS) is 11.0. The summed E-state index contributed by atoms with van der Waals surface area (Å²) in [7, 11) is 1.70. The van der Waals surface area contributed by atoms with Crippen molar-refractivity contribution in [2.45, 2.75) is 33.7 Å². The molecule has 0 radical (unpaired) electrons. The van der Waals surface area contributed by atoms with Crippen molar-refractivity contribution in [1.29, 1.82) is 0 Å². The van der Waals surface area contributed by atoms with E-state index in [4.69, 9.17) is 4.74 Å². The van der Waals surface area contributed by atoms with Gasteiger partial charge in [-0.05, 0) is 38.0 Å². The number of nitrogens with zero attached hydrogens (tertiary/aromatic N) is 2. The first-order valence-electron chi connectivity index (χ1n) is 8.19. The van der Waals surface area contributed by atoms with Crippen LogP contribution in [0.3, 0.4) is 0 Å². The number of guanidine groups is 1. The molecule has 138 valence electrons. The topological polar surface area (TPSA) is 58.5 Å². The maximum Gasteiger partial charge on any atom is 0.191 e. The van der Waals surface area contributed by atoms with Gasteiger partial charge < -0.3 is 15.4 Å². The van der Waals surface area contributed by atoms with Gasteiger partial charge >= 0.3 is 0 Å². The van der Waals surface area contributed by atoms with Crippen LogP contribution in [-0.2, 0) is 13.0 Å². The van der Waals surface area contributed by atoms with E-state index in [2.05, 4.69) is 46.6 Å². The number of aryl methyl sites for hydroxylation is 2. The predicted octanol–water partition coefficient (Wildman–Crippen LogP) is 3.68. The van der Waals surface area contributed by atoms with Crippen molar-refractivity contribution in [3.63, 3.8) is 0 Å². The molecule has 2 N–H and O–H groups in total. The summed E-state index contributed by atoms with van der Waals surface area (Å²) in [4.78, 5) is 10.3. The Labute approximate surface area is 171 Å². The Morgan fingerprint density at radius 3 is 2.72 bits per heavy atom. The van der Waals surface area contributed by atoms with Crippen LogP contribution < -0.4 is 15.4 Å². The average molecular weight is 474 g/mol. The number of nitrogens with one attached hydrogen (secondary N) is 2. The summed E-state index contributed by atoms with van der Waals surface area (Å²) in [6, 6.07) is 6.19. The van der Waals surface area contributed by atoms with Gasteiger partial charge in [0.05, 0.1) is 18.7 Å². The van der Waals surface area contributed by atoms with E-state index in [1.165, 1.54) is 4.88 Å². The maximum absolute atomic E-state index is 5.37. The lowest BCUT2D eigenvalue weighted by Gasteiger charge is -2.11. The van der Waals surface area contributed by atoms with Crippen LogP contribution in [0, 0.1) is 13.8 Å². The first kappa shape index (κ1) is 21.7. The highest BCUT2D eigenvalue weighted by molar-refractivity contribution is 14.0. The zero-order valence-corrected chi connectivity index (χ0v) is 18.4. The van der Waals surface area contributed by atoms with Crippen molar-refractivity contribution < 1.29 is 4.74 Å². The monoisotopic (exact) mass is 474 g/mol. The zero-order valence-electron chi connectivity index (χ0n) is 15.3. The van der Waals surface area contributed by atoms with E-state index in [0.29, 0.717) is 6.54 Å². The minimum Gasteiger partial charge on any atom is -0.496 e. The lowest BCUT2D eigenvalue weighted by Crippen LogP contribution is -2.38. The third-order valence-electron chi connectivity index (χ3n) is 3.54. The van der Waals surface area contributed by atoms with Gasteiger partial charge in [0.25, 0.3) is 0 Å². The molecule has 0 atom stereocenters. The number of aromatic nitrogens is 1. The summed E-state index contributed by atoms with van der Waals surface area (Å²) in [5.74, 6) is 1.73. The van der Waals surface area contributed by atoms with E-state index in [1.807, 2.05) is 19.2 Å². The molecule has 0 saturated carbocycles. The Morgan fingerprint density at radius 1 is 1.28 bits per heavy atom. The van der Waals surface area contributed by atoms with Crippen LogP contribution >= 0.6 is 35.3 Å². The lowest BCUT2D eigenvalue weighted by molar-refractivity contribution is 0.411. The van der Waals surface area contributed by atoms with E-state index in [-0.39, 0.29) is 24.0 Å². The zero-order chi connectivity index (χ0) is 17.4. The molecule has 5 nitrogen and oxygen atoms in total. The quantitative estimate of drug-likeness (QED) is 0.365. The minimum atomic E-state index is 0. The van der Waals surface area contributed by atoms with Crippen LogP contribution in [0.1, 0.15) is 27.9 Å². The van der Waals surface area contributed by atoms with E-state index in [9.17, 15) is 0 Å². The number of hydrogen-bond acceptors (Lipinski definition) is 4. The van der Waals surface area contributed by atoms with E-state index < -0.39 is 0 Å². The molecule has 0 amide bonds. The summed E-state index contributed by atoms with van der Waals surface area (Å²) < 4.78 is 5.37. The molecule has 0 aliphatic carbocycles. The molecule has 1 heterocycles. The Hall–Kier alpha value is -1.35. The second-order valence-electron chi connectivity index (χ2n) is 5.54. The standard InChI is InChI=1S/C18H26N4OS.HI/c1-5-19-18(20-9-8-17-21-11-14(3)24-17)22-12-15-7-6-13(2)16(10-15)23-4;/h6-7,10-11H,5,8-9,12H2,1-4H3,(H2,19,20,22);1H. The number of methoxy groups -OCH3 is 1. The molecule has 2 aromatic rings. The number of thiazole rings is 1. The van der Waals surface area contributed by atoms with Crippen LogP contribution in [0.25, 0.3) is 0 Å². The average Bonchev–Trinajstić information content (AvgIpc) is 2.99. The molecule has 0 aliphatic heterocycles. The molecular weight excluding hydrogens is 447 g/mol. The van der Waals surface area contributed by atoms with E-state index in [1.54, 1.807) is 18.4 Å². The number of benzene rings is 1. The lowest BCUT2D eigenvalue weighted by atomic mass is 10.1. The first-order chi connectivity index (χ1) is 11.6. The van der Waals surface area contributed by atoms with Crippen LogP contribution in [0.2, 0.25) is 0 Å². The van der Waals surface area contributed by atoms with Gasteiger partial charge in [-0.2, -0.15) is 0 Å². The first-order valence-corrected chi connectivity index (χ1v) is 9.01. The van der Waals surface area contributed by atoms with Gasteiger partial charge in [0, 0.05) is 30.6 Å². The molecule has 7 heteroatoms. The van der Waals surface area contributed by atoms with Crippen molar-refractivity contribution in [2.75, 3.05) is 20.2 Å². The largest absolute Gasteiger partial charge is 0.496 e. The Balaban J connectivity index is 0.00000312. The molecule has 0 saturated heterocycles. The van der Waals surface area contributed by atoms with E-state index in [0.717, 1.165) is 47.4 Å². The van der Waals surface area contributed by atoms with Crippen molar-refractivity contribution in [2.24, 2.45) is 4.99 Å². The third kappa shape index (κ3) is 7.19. The predicted molar refractivity (Wildman–Crippen MR) is 117 cm³/mol. The van der Waals surface area contributed by atoms with Gasteiger partial charge in [0.1, 0.15) is 5.75 Å². The highest BCUT2D eigenvalue weighted by Gasteiger charge is 2.03. The summed E-state index contributed by atoms with van der Waals surface area (Å²) >= 11 is 1.74. The van der Waals surface area contributed by atoms with Gasteiger partial charge in [-0.15, -0.1) is 35.3 Å². The molecule has 0 aliphatic rings. The highest BCUT2D eigenvalue weighted by atomic mass is 127. The van der Waals surface area contributed by atoms with Gasteiger partial charge in [0.2, 0.25) is 0 Å². The number of aliphatic imine (C=N–C) groups is 1. The van der Waals surface area contributed by atoms with Crippen LogP contribution in [0.15, 0.2) is 29.4 Å². The molecule has 1 aromatic carbocycles. The second-order valence-corrected chi connectivity index (χ2v) is 6.86. The Bertz CT molecular complexity index is 687. The van der Waals surface area contributed by atoms with Crippen molar-refractivity contribution in [3.8, 4) is 5.75 Å². The number of halogens is 1. The van der Waals surface area contributed by atoms with Gasteiger partial charge in [-0.3, -0.25) is 0 Å². The molecule has 25 heavy (non-hydrogen) atoms. The smallest absolute Gasteiger partial charge is 0.191 e. The van der Waals surface area contributed by atoms with Crippen LogP contribution in [-0.4, -0.2) is 31.1 Å². The van der Waals surface area contributed by atoms with Crippen LogP contribution in [0.4, 0.5) is 0 Å². The number of rotatable bonds is 7. The molecule has 0 fully saturated rings. The van der Waals surface area contributed by atoms with Gasteiger partial charge in [-0.25, -0.2) is 9.98 Å². The van der Waals surface area contributed by atoms with Crippen molar-refractivity contribution in [1.82, 2.24) is 15.6 Å². The van der Waals surface area contributed by atoms with Crippen molar-refractivity contribution >= 4 is 41.3 Å². The molecular formula is C18H27IN4OS. The summed E-state index contributed by atoms with van der Waals surface area (Å²) in [6.45, 7) is 8.45. The molecule has 0 bridgehead atoms. The Morgan fingerprint density at radius 2 is 2.08 bits per heavy atom. The number of ether oxygens (including phenoxy) is 1. The van der Waals surface area contributed by atoms with Crippen LogP contribution in [0.5, 0.6) is 5.75 Å². The molecule has 0 unspecified atom stereocenters. The molecule has 2 rings (SSSR count). The van der Waals surface area contributed by atoms with Gasteiger partial charge in [0.15, 0.2) is 5.96 Å². The second kappa shape index (κ2) is 11.3.